The summed E-state index contributed by atoms with van der Waals surface area (Å²) in [5.74, 6) is -1.06. The number of sulfonamides is 1. The zero-order chi connectivity index (χ0) is 15.6. The lowest BCUT2D eigenvalue weighted by atomic mass is 10.3. The fourth-order valence-corrected chi connectivity index (χ4v) is 2.53. The van der Waals surface area contributed by atoms with E-state index < -0.39 is 15.8 Å². The van der Waals surface area contributed by atoms with Gasteiger partial charge in [-0.1, -0.05) is 11.6 Å². The van der Waals surface area contributed by atoms with Crippen molar-refractivity contribution in [3.05, 3.63) is 35.2 Å². The van der Waals surface area contributed by atoms with Crippen LogP contribution in [0.5, 0.6) is 5.88 Å². The van der Waals surface area contributed by atoms with Crippen molar-refractivity contribution in [2.24, 2.45) is 0 Å². The molecule has 0 aliphatic rings. The van der Waals surface area contributed by atoms with Crippen LogP contribution in [0.3, 0.4) is 0 Å². The van der Waals surface area contributed by atoms with E-state index in [0.717, 1.165) is 18.2 Å². The molecule has 3 N–H and O–H groups in total. The monoisotopic (exact) mass is 332 g/mol. The number of hydrogen-bond acceptors (Lipinski definition) is 6. The van der Waals surface area contributed by atoms with E-state index in [9.17, 15) is 12.8 Å². The summed E-state index contributed by atoms with van der Waals surface area (Å²) in [6, 6.07) is 4.40. The van der Waals surface area contributed by atoms with Gasteiger partial charge in [-0.3, -0.25) is 0 Å². The maximum absolute atomic E-state index is 13.3. The summed E-state index contributed by atoms with van der Waals surface area (Å²) in [6.07, 6.45) is 0. The summed E-state index contributed by atoms with van der Waals surface area (Å²) in [6.45, 7) is 0. The number of nitrogens with zero attached hydrogens (tertiary/aromatic N) is 2. The molecule has 7 nitrogen and oxygen atoms in total. The molecule has 0 atom stereocenters. The van der Waals surface area contributed by atoms with E-state index >= 15 is 0 Å². The Morgan fingerprint density at radius 1 is 1.33 bits per heavy atom. The van der Waals surface area contributed by atoms with E-state index in [-0.39, 0.29) is 27.6 Å². The second-order valence-electron chi connectivity index (χ2n) is 3.85. The van der Waals surface area contributed by atoms with Gasteiger partial charge in [0.05, 0.1) is 17.7 Å². The van der Waals surface area contributed by atoms with Crippen LogP contribution in [0.15, 0.2) is 29.2 Å². The number of halogens is 2. The number of rotatable bonds is 4. The van der Waals surface area contributed by atoms with Crippen LogP contribution >= 0.6 is 11.6 Å². The Morgan fingerprint density at radius 3 is 2.67 bits per heavy atom. The van der Waals surface area contributed by atoms with Gasteiger partial charge in [-0.05, 0) is 18.2 Å². The summed E-state index contributed by atoms with van der Waals surface area (Å²) in [5.41, 5.74) is 5.14. The highest BCUT2D eigenvalue weighted by Gasteiger charge is 2.18. The minimum absolute atomic E-state index is 0.0111. The molecule has 0 saturated carbocycles. The molecule has 10 heteroatoms. The van der Waals surface area contributed by atoms with E-state index in [2.05, 4.69) is 14.7 Å². The number of nitrogens with two attached hydrogens (primary N) is 1. The SMILES string of the molecule is COc1cc(Cl)nc(NS(=O)(=O)c2ccc(N)c(F)c2)n1. The molecule has 2 rings (SSSR count). The normalized spacial score (nSPS) is 11.2. The van der Waals surface area contributed by atoms with Gasteiger partial charge in [0, 0.05) is 6.07 Å². The lowest BCUT2D eigenvalue weighted by Gasteiger charge is -2.08. The molecular formula is C11H10ClFN4O3S. The van der Waals surface area contributed by atoms with Gasteiger partial charge in [-0.25, -0.2) is 22.5 Å². The summed E-state index contributed by atoms with van der Waals surface area (Å²) in [4.78, 5) is 7.15. The Bertz CT molecular complexity index is 785. The molecule has 2 aromatic rings. The van der Waals surface area contributed by atoms with Gasteiger partial charge in [0.1, 0.15) is 11.0 Å². The average Bonchev–Trinajstić information content (AvgIpc) is 2.40. The molecule has 1 aromatic heterocycles. The van der Waals surface area contributed by atoms with Gasteiger partial charge in [0.25, 0.3) is 10.0 Å². The fourth-order valence-electron chi connectivity index (χ4n) is 1.40. The molecule has 0 aliphatic carbocycles. The lowest BCUT2D eigenvalue weighted by molar-refractivity contribution is 0.397. The van der Waals surface area contributed by atoms with Crippen LogP contribution in [0.1, 0.15) is 0 Å². The van der Waals surface area contributed by atoms with Gasteiger partial charge >= 0.3 is 0 Å². The third-order valence-electron chi connectivity index (χ3n) is 2.39. The molecule has 0 aliphatic heterocycles. The summed E-state index contributed by atoms with van der Waals surface area (Å²) < 4.78 is 44.4. The minimum Gasteiger partial charge on any atom is -0.481 e. The number of aromatic nitrogens is 2. The Kier molecular flexibility index (Phi) is 4.14. The van der Waals surface area contributed by atoms with Gasteiger partial charge in [-0.2, -0.15) is 4.98 Å². The number of ether oxygens (including phenoxy) is 1. The van der Waals surface area contributed by atoms with Crippen molar-refractivity contribution in [1.29, 1.82) is 0 Å². The van der Waals surface area contributed by atoms with Crippen LogP contribution in [0.25, 0.3) is 0 Å². The molecule has 112 valence electrons. The predicted molar refractivity (Wildman–Crippen MR) is 75.2 cm³/mol. The fraction of sp³-hybridized carbons (Fsp3) is 0.0909. The number of nitrogens with one attached hydrogen (secondary N) is 1. The van der Waals surface area contributed by atoms with E-state index in [4.69, 9.17) is 22.1 Å². The van der Waals surface area contributed by atoms with Crippen molar-refractivity contribution in [2.75, 3.05) is 17.6 Å². The van der Waals surface area contributed by atoms with Gasteiger partial charge in [0.15, 0.2) is 0 Å². The van der Waals surface area contributed by atoms with Gasteiger partial charge in [-0.15, -0.1) is 0 Å². The number of hydrogen-bond donors (Lipinski definition) is 2. The van der Waals surface area contributed by atoms with Crippen molar-refractivity contribution in [3.8, 4) is 5.88 Å². The van der Waals surface area contributed by atoms with Crippen molar-refractivity contribution >= 4 is 33.3 Å². The van der Waals surface area contributed by atoms with E-state index in [1.54, 1.807) is 0 Å². The molecule has 0 amide bonds. The average molecular weight is 333 g/mol. The van der Waals surface area contributed by atoms with E-state index in [0.29, 0.717) is 0 Å². The van der Waals surface area contributed by atoms with E-state index in [1.807, 2.05) is 0 Å². The first-order chi connectivity index (χ1) is 9.81. The first-order valence-corrected chi connectivity index (χ1v) is 7.34. The third-order valence-corrected chi connectivity index (χ3v) is 3.91. The predicted octanol–water partition coefficient (Wildman–Crippen LogP) is 1.66. The third kappa shape index (κ3) is 3.50. The minimum atomic E-state index is -4.08. The van der Waals surface area contributed by atoms with Gasteiger partial charge in [0.2, 0.25) is 11.8 Å². The second kappa shape index (κ2) is 5.70. The molecule has 0 fully saturated rings. The number of nitrogen functional groups attached to an aromatic ring is 1. The zero-order valence-electron chi connectivity index (χ0n) is 10.7. The smallest absolute Gasteiger partial charge is 0.264 e. The first-order valence-electron chi connectivity index (χ1n) is 5.48. The molecule has 0 spiro atoms. The summed E-state index contributed by atoms with van der Waals surface area (Å²) >= 11 is 5.71. The number of benzene rings is 1. The Morgan fingerprint density at radius 2 is 2.05 bits per heavy atom. The maximum atomic E-state index is 13.3. The molecule has 0 saturated heterocycles. The van der Waals surface area contributed by atoms with Crippen LogP contribution in [0.4, 0.5) is 16.0 Å². The highest BCUT2D eigenvalue weighted by atomic mass is 35.5. The first kappa shape index (κ1) is 15.3. The van der Waals surface area contributed by atoms with Gasteiger partial charge < -0.3 is 10.5 Å². The van der Waals surface area contributed by atoms with Crippen molar-refractivity contribution in [2.45, 2.75) is 4.90 Å². The zero-order valence-corrected chi connectivity index (χ0v) is 12.2. The molecule has 0 bridgehead atoms. The van der Waals surface area contributed by atoms with Crippen LogP contribution in [-0.2, 0) is 10.0 Å². The highest BCUT2D eigenvalue weighted by Crippen LogP contribution is 2.20. The molecule has 1 heterocycles. The second-order valence-corrected chi connectivity index (χ2v) is 5.92. The number of methoxy groups -OCH3 is 1. The maximum Gasteiger partial charge on any atom is 0.264 e. The molecule has 1 aromatic carbocycles. The van der Waals surface area contributed by atoms with Crippen LogP contribution < -0.4 is 15.2 Å². The van der Waals surface area contributed by atoms with Crippen LogP contribution in [0.2, 0.25) is 5.15 Å². The van der Waals surface area contributed by atoms with Crippen LogP contribution in [-0.4, -0.2) is 25.5 Å². The molecule has 21 heavy (non-hydrogen) atoms. The molecular weight excluding hydrogens is 323 g/mol. The largest absolute Gasteiger partial charge is 0.481 e. The Balaban J connectivity index is 2.37. The molecule has 0 unspecified atom stereocenters. The quantitative estimate of drug-likeness (QED) is 0.651. The van der Waals surface area contributed by atoms with Crippen molar-refractivity contribution in [3.63, 3.8) is 0 Å². The summed E-state index contributed by atoms with van der Waals surface area (Å²) in [5, 5.41) is -0.0111. The summed E-state index contributed by atoms with van der Waals surface area (Å²) in [7, 11) is -2.74. The van der Waals surface area contributed by atoms with E-state index in [1.165, 1.54) is 13.2 Å². The molecule has 0 radical (unpaired) electrons. The topological polar surface area (TPSA) is 107 Å². The van der Waals surface area contributed by atoms with Crippen LogP contribution in [0, 0.1) is 5.82 Å². The number of anilines is 2. The lowest BCUT2D eigenvalue weighted by Crippen LogP contribution is -2.15. The van der Waals surface area contributed by atoms with Crippen molar-refractivity contribution < 1.29 is 17.5 Å². The standard InChI is InChI=1S/C11H10ClFN4O3S/c1-20-10-5-9(12)15-11(16-10)17-21(18,19)6-2-3-8(14)7(13)4-6/h2-5H,14H2,1H3,(H,15,16,17). The Labute approximate surface area is 125 Å². The van der Waals surface area contributed by atoms with Crippen molar-refractivity contribution in [1.82, 2.24) is 9.97 Å². The highest BCUT2D eigenvalue weighted by molar-refractivity contribution is 7.92. The Hall–Kier alpha value is -2.13.